The summed E-state index contributed by atoms with van der Waals surface area (Å²) < 4.78 is 31.0. The number of rotatable bonds is 11. The first-order valence-corrected chi connectivity index (χ1v) is 45.8. The molecule has 13 aromatic heterocycles. The summed E-state index contributed by atoms with van der Waals surface area (Å²) in [5.41, 5.74) is 22.0. The molecule has 20 nitrogen and oxygen atoms in total. The SMILES string of the molecule is CN1c2ccccc2N(c2[c-]cccc2)c2[c-]c3n(c21)N(C)CCN3c1cccc(-c2cn(C)c3c2[cH-]c[n+]3C)n1.C[Si]=C(C)N1c2ccccc2Oc2cc3c4ccccc4n(-c4[c-]c(-n5ccc6ccc[c-]c65)ccc4)c3nc21.Cn1cc[c-]c1-n1ccc2c1nc(-n1c3ccccc3n3c4c5ccccc5n([Si](c5ccccc5)c5ccccc5)c4[c-]c13)n2C.[Cu+2].[Cu+2].[Cu]. The molecule has 0 saturated carbocycles. The number of anilines is 9. The van der Waals surface area contributed by atoms with Gasteiger partial charge in [0.25, 0.3) is 0 Å². The number of fused-ring (bicyclic) bond motifs is 19. The van der Waals surface area contributed by atoms with Gasteiger partial charge in [-0.2, -0.15) is 71.7 Å². The molecule has 5 radical (unpaired) electrons. The van der Waals surface area contributed by atoms with E-state index in [1.165, 1.54) is 43.1 Å². The average Bonchev–Trinajstić information content (AvgIpc) is 1.52. The van der Waals surface area contributed by atoms with E-state index < -0.39 is 8.96 Å². The number of ether oxygens (including phenoxy) is 1. The van der Waals surface area contributed by atoms with Crippen molar-refractivity contribution in [2.24, 2.45) is 28.2 Å². The van der Waals surface area contributed by atoms with E-state index in [4.69, 9.17) is 19.7 Å². The molecule has 0 fully saturated rings. The maximum atomic E-state index is 6.45. The van der Waals surface area contributed by atoms with Crippen LogP contribution in [-0.4, -0.2) is 111 Å². The standard InChI is InChI=1S/C39H28N7Si.C34H23N4OSi.C33H30N8.3Cu/c1-41-24-13-22-35(41)43-25-23-33-38(43)40-39(42(33)2)45-32-21-12-11-20-31(32)44-36(45)26-34-37(44)29-18-9-10-19-30(29)46(34)47(27-14-5-3-6-15-27)28-16-7-4-8-17-28;1-22(40-2)37-30-16-7-8-17-31(30)39-32-21-27-26-13-4-6-15-29(26)38(33(27)35-34(32)37)25-12-9-11-24(20-25)36-19-18-23-10-3-5-14-28(23)36;1-35-18-17-24-25(22-36(2)32(24)35)26-13-10-16-30(34-26)39-20-19-37(3)41-31(39)21-29-33(41)38(4)27-14-8-9-15-28(27)40(29)23-11-6-5-7-12-23;;;/h3-21,23-25H,1-2H3;3-13,15-19,21H,1-2H3;5-11,13-18,22H,19-20H2,1-4H3;;;/q3*-2;;2*+2. The van der Waals surface area contributed by atoms with Crippen molar-refractivity contribution in [1.82, 2.24) is 60.2 Å². The average molecular weight is 1880 g/mol. The number of likely N-dealkylation sites (N-methyl/N-ethyl adjacent to an activating group) is 1. The van der Waals surface area contributed by atoms with E-state index in [2.05, 4.69) is 427 Å². The van der Waals surface area contributed by atoms with Crippen molar-refractivity contribution >= 4 is 179 Å². The second-order valence-corrected chi connectivity index (χ2v) is 36.2. The number of hydrogen-bond acceptors (Lipinski definition) is 9. The molecule has 649 valence electrons. The third-order valence-electron chi connectivity index (χ3n) is 25.3. The number of aromatic nitrogens is 14. The second-order valence-electron chi connectivity index (χ2n) is 32.6. The van der Waals surface area contributed by atoms with Crippen molar-refractivity contribution in [3.8, 4) is 45.9 Å². The van der Waals surface area contributed by atoms with Gasteiger partial charge in [-0.15, -0.1) is 47.4 Å². The molecule has 10 aromatic carbocycles. The molecule has 0 atom stereocenters. The summed E-state index contributed by atoms with van der Waals surface area (Å²) in [5, 5.41) is 11.9. The van der Waals surface area contributed by atoms with Gasteiger partial charge in [0.1, 0.15) is 11.5 Å². The fourth-order valence-corrected chi connectivity index (χ4v) is 22.5. The van der Waals surface area contributed by atoms with Crippen molar-refractivity contribution in [2.45, 2.75) is 13.5 Å². The van der Waals surface area contributed by atoms with Crippen molar-refractivity contribution in [3.05, 3.63) is 359 Å². The Kier molecular flexibility index (Phi) is 21.2. The van der Waals surface area contributed by atoms with E-state index in [1.54, 1.807) is 0 Å². The number of imidazole rings is 2. The van der Waals surface area contributed by atoms with Crippen LogP contribution in [0.4, 0.5) is 51.7 Å². The fraction of sp³-hybridized carbons (Fsp3) is 0.0943. The summed E-state index contributed by atoms with van der Waals surface area (Å²) in [4.78, 5) is 24.9. The summed E-state index contributed by atoms with van der Waals surface area (Å²) in [5.74, 6) is 7.14. The summed E-state index contributed by atoms with van der Waals surface area (Å²) in [6, 6.07) is 123. The van der Waals surface area contributed by atoms with Gasteiger partial charge in [-0.25, -0.2) is 22.1 Å². The first-order chi connectivity index (χ1) is 62.9. The van der Waals surface area contributed by atoms with Crippen LogP contribution in [0.25, 0.3) is 128 Å². The number of nitrogens with zero attached hydrogens (tertiary/aromatic N) is 19. The van der Waals surface area contributed by atoms with Crippen LogP contribution in [-0.2, 0) is 79.4 Å². The first-order valence-electron chi connectivity index (χ1n) is 42.8. The van der Waals surface area contributed by atoms with Crippen molar-refractivity contribution in [1.29, 1.82) is 0 Å². The van der Waals surface area contributed by atoms with Gasteiger partial charge < -0.3 is 69.7 Å². The van der Waals surface area contributed by atoms with Crippen molar-refractivity contribution in [2.75, 3.05) is 51.8 Å². The maximum absolute atomic E-state index is 6.45. The zero-order valence-electron chi connectivity index (χ0n) is 72.3. The third-order valence-corrected chi connectivity index (χ3v) is 28.9. The minimum absolute atomic E-state index is 0. The first kappa shape index (κ1) is 83.4. The predicted molar refractivity (Wildman–Crippen MR) is 519 cm³/mol. The number of para-hydroxylation sites is 10. The van der Waals surface area contributed by atoms with Crippen LogP contribution < -0.4 is 44.3 Å². The smallest absolute Gasteiger partial charge is 0.451 e. The van der Waals surface area contributed by atoms with Crippen LogP contribution in [0.15, 0.2) is 322 Å². The van der Waals surface area contributed by atoms with E-state index in [0.717, 1.165) is 177 Å². The van der Waals surface area contributed by atoms with Crippen LogP contribution in [0.2, 0.25) is 6.55 Å². The van der Waals surface area contributed by atoms with Gasteiger partial charge in [0.2, 0.25) is 14.9 Å². The summed E-state index contributed by atoms with van der Waals surface area (Å²) in [7, 11) is 11.7. The number of aryl methyl sites for hydroxylation is 4. The predicted octanol–water partition coefficient (Wildman–Crippen LogP) is 19.6. The van der Waals surface area contributed by atoms with Gasteiger partial charge in [-0.1, -0.05) is 202 Å². The Balaban J connectivity index is 0.000000118. The Bertz CT molecular complexity index is 8350. The fourth-order valence-electron chi connectivity index (χ4n) is 19.4. The van der Waals surface area contributed by atoms with E-state index in [1.807, 2.05) is 61.8 Å². The van der Waals surface area contributed by atoms with Crippen LogP contribution in [0.5, 0.6) is 11.5 Å². The molecule has 0 unspecified atom stereocenters. The number of pyridine rings is 2. The number of hydrogen-bond donors (Lipinski definition) is 0. The van der Waals surface area contributed by atoms with Crippen LogP contribution >= 0.6 is 0 Å². The zero-order chi connectivity index (χ0) is 85.8. The molecule has 25 heteroatoms. The van der Waals surface area contributed by atoms with Crippen molar-refractivity contribution in [3.63, 3.8) is 0 Å². The molecular weight excluding hydrogens is 1800 g/mol. The molecule has 0 bridgehead atoms. The maximum Gasteiger partial charge on any atom is 2.00 e. The molecular formula is C106H81Cu3N19OSi2-2. The van der Waals surface area contributed by atoms with Gasteiger partial charge in [-0.3, -0.25) is 9.47 Å². The Hall–Kier alpha value is -14.5. The molecule has 0 N–H and O–H groups in total. The molecule has 0 saturated heterocycles. The summed E-state index contributed by atoms with van der Waals surface area (Å²) in [6.07, 6.45) is 10.4. The molecule has 0 aliphatic carbocycles. The van der Waals surface area contributed by atoms with Gasteiger partial charge in [0, 0.05) is 111 Å². The molecule has 131 heavy (non-hydrogen) atoms. The van der Waals surface area contributed by atoms with Crippen LogP contribution in [0.1, 0.15) is 6.92 Å². The Labute approximate surface area is 791 Å². The third kappa shape index (κ3) is 13.2. The molecule has 0 amide bonds. The van der Waals surface area contributed by atoms with E-state index in [-0.39, 0.29) is 51.2 Å². The normalized spacial score (nSPS) is 12.9. The van der Waals surface area contributed by atoms with Gasteiger partial charge in [-0.05, 0) is 116 Å². The molecule has 26 rings (SSSR count). The minimum atomic E-state index is -1.46. The van der Waals surface area contributed by atoms with E-state index >= 15 is 0 Å². The van der Waals surface area contributed by atoms with Gasteiger partial charge in [0.05, 0.1) is 59.8 Å². The van der Waals surface area contributed by atoms with Crippen LogP contribution in [0.3, 0.4) is 0 Å². The van der Waals surface area contributed by atoms with Gasteiger partial charge in [0.15, 0.2) is 28.6 Å². The molecule has 3 aliphatic rings. The summed E-state index contributed by atoms with van der Waals surface area (Å²) in [6.45, 7) is 6.01. The largest absolute Gasteiger partial charge is 2.00 e. The Morgan fingerprint density at radius 2 is 1.21 bits per heavy atom. The Morgan fingerprint density at radius 3 is 1.98 bits per heavy atom. The molecule has 16 heterocycles. The molecule has 0 spiro atoms. The molecule has 23 aromatic rings. The Morgan fingerprint density at radius 1 is 0.527 bits per heavy atom. The second kappa shape index (κ2) is 33.2. The van der Waals surface area contributed by atoms with Crippen molar-refractivity contribution < 1.29 is 60.5 Å². The monoisotopic (exact) mass is 1880 g/mol. The van der Waals surface area contributed by atoms with Crippen LogP contribution in [0, 0.1) is 36.4 Å². The van der Waals surface area contributed by atoms with E-state index in [9.17, 15) is 0 Å². The van der Waals surface area contributed by atoms with E-state index in [0.29, 0.717) is 9.13 Å². The number of benzene rings is 10. The molecule has 3 aliphatic heterocycles. The summed E-state index contributed by atoms with van der Waals surface area (Å²) >= 11 is 0. The minimum Gasteiger partial charge on any atom is -0.451 e. The zero-order valence-corrected chi connectivity index (χ0v) is 77.1. The van der Waals surface area contributed by atoms with Gasteiger partial charge >= 0.3 is 34.1 Å². The topological polar surface area (TPSA) is 117 Å². The quantitative estimate of drug-likeness (QED) is 0.0709.